The van der Waals surface area contributed by atoms with Crippen molar-refractivity contribution in [2.24, 2.45) is 4.99 Å². The molecule has 1 saturated heterocycles. The lowest BCUT2D eigenvalue weighted by Crippen LogP contribution is -2.54. The Morgan fingerprint density at radius 2 is 2.03 bits per heavy atom. The highest BCUT2D eigenvalue weighted by molar-refractivity contribution is 5.92. The standard InChI is InChI=1S/C26H33N3O/c1-2-24(30)10-6-15-29-16-14-27-26(19-29)25-11-5-9-23(18-28-25)22-13-12-20-7-3-4-8-21(20)17-22/h3-4,7-8,12-13,17-18,26-27H,2,5-6,9-11,14-16,19H2,1H3. The number of nitrogens with one attached hydrogen (secondary N) is 1. The zero-order valence-corrected chi connectivity index (χ0v) is 18.1. The number of ketones is 1. The van der Waals surface area contributed by atoms with E-state index in [1.807, 2.05) is 6.92 Å². The monoisotopic (exact) mass is 403 g/mol. The van der Waals surface area contributed by atoms with Gasteiger partial charge in [-0.2, -0.15) is 0 Å². The summed E-state index contributed by atoms with van der Waals surface area (Å²) < 4.78 is 0. The Hall–Kier alpha value is -2.30. The Kier molecular flexibility index (Phi) is 7.08. The van der Waals surface area contributed by atoms with Crippen molar-refractivity contribution >= 4 is 27.8 Å². The maximum Gasteiger partial charge on any atom is 0.132 e. The van der Waals surface area contributed by atoms with E-state index in [0.717, 1.165) is 51.9 Å². The van der Waals surface area contributed by atoms with Crippen molar-refractivity contribution in [1.29, 1.82) is 0 Å². The van der Waals surface area contributed by atoms with Crippen LogP contribution < -0.4 is 5.32 Å². The molecule has 2 aliphatic rings. The molecule has 0 spiro atoms. The van der Waals surface area contributed by atoms with Gasteiger partial charge in [0.15, 0.2) is 0 Å². The van der Waals surface area contributed by atoms with Gasteiger partial charge in [0.05, 0.1) is 6.04 Å². The molecular weight excluding hydrogens is 370 g/mol. The summed E-state index contributed by atoms with van der Waals surface area (Å²) in [7, 11) is 0. The average molecular weight is 404 g/mol. The van der Waals surface area contributed by atoms with Gasteiger partial charge in [-0.1, -0.05) is 43.3 Å². The van der Waals surface area contributed by atoms with E-state index in [2.05, 4.69) is 58.9 Å². The molecule has 2 aromatic rings. The van der Waals surface area contributed by atoms with E-state index in [0.29, 0.717) is 24.7 Å². The van der Waals surface area contributed by atoms with Gasteiger partial charge < -0.3 is 10.2 Å². The first-order chi connectivity index (χ1) is 14.7. The largest absolute Gasteiger partial charge is 0.307 e. The highest BCUT2D eigenvalue weighted by atomic mass is 16.1. The zero-order chi connectivity index (χ0) is 20.8. The molecule has 4 rings (SSSR count). The van der Waals surface area contributed by atoms with E-state index in [-0.39, 0.29) is 0 Å². The molecule has 1 fully saturated rings. The summed E-state index contributed by atoms with van der Waals surface area (Å²) in [5.41, 5.74) is 3.90. The van der Waals surface area contributed by atoms with E-state index in [1.165, 1.54) is 27.6 Å². The SMILES string of the molecule is CCC(=O)CCCN1CCNC(C2=NC=C(c3ccc4ccccc4c3)CCC2)C1. The molecule has 30 heavy (non-hydrogen) atoms. The van der Waals surface area contributed by atoms with Crippen LogP contribution in [0.2, 0.25) is 0 Å². The molecule has 0 aromatic heterocycles. The third-order valence-corrected chi connectivity index (χ3v) is 6.37. The highest BCUT2D eigenvalue weighted by Crippen LogP contribution is 2.27. The first kappa shape index (κ1) is 21.0. The summed E-state index contributed by atoms with van der Waals surface area (Å²) in [6.07, 6.45) is 7.70. The van der Waals surface area contributed by atoms with Crippen molar-refractivity contribution in [1.82, 2.24) is 10.2 Å². The number of Topliss-reactive ketones (excluding diaryl/α,β-unsaturated/α-hetero) is 1. The number of fused-ring (bicyclic) bond motifs is 1. The number of allylic oxidation sites excluding steroid dienone is 1. The quantitative estimate of drug-likeness (QED) is 0.719. The molecule has 2 aliphatic heterocycles. The maximum atomic E-state index is 11.6. The first-order valence-corrected chi connectivity index (χ1v) is 11.4. The molecule has 0 bridgehead atoms. The van der Waals surface area contributed by atoms with Crippen molar-refractivity contribution in [3.05, 3.63) is 54.2 Å². The molecule has 2 aromatic carbocycles. The lowest BCUT2D eigenvalue weighted by molar-refractivity contribution is -0.118. The number of carbonyl (C=O) groups excluding carboxylic acids is 1. The molecule has 0 amide bonds. The molecule has 4 heteroatoms. The molecule has 1 unspecified atom stereocenters. The summed E-state index contributed by atoms with van der Waals surface area (Å²) in [4.78, 5) is 19.0. The Bertz CT molecular complexity index is 946. The van der Waals surface area contributed by atoms with Gasteiger partial charge in [0.1, 0.15) is 5.78 Å². The number of benzene rings is 2. The summed E-state index contributed by atoms with van der Waals surface area (Å²) in [6.45, 7) is 6.01. The summed E-state index contributed by atoms with van der Waals surface area (Å²) in [5, 5.41) is 6.24. The highest BCUT2D eigenvalue weighted by Gasteiger charge is 2.24. The minimum atomic E-state index is 0.327. The van der Waals surface area contributed by atoms with Crippen LogP contribution in [-0.2, 0) is 4.79 Å². The number of aliphatic imine (C=N–C) groups is 1. The fraction of sp³-hybridized carbons (Fsp3) is 0.462. The first-order valence-electron chi connectivity index (χ1n) is 11.4. The second kappa shape index (κ2) is 10.1. The minimum Gasteiger partial charge on any atom is -0.307 e. The van der Waals surface area contributed by atoms with Crippen LogP contribution in [0.5, 0.6) is 0 Å². The van der Waals surface area contributed by atoms with Crippen LogP contribution in [0, 0.1) is 0 Å². The van der Waals surface area contributed by atoms with Crippen LogP contribution in [0.4, 0.5) is 0 Å². The van der Waals surface area contributed by atoms with Crippen LogP contribution in [0.15, 0.2) is 53.7 Å². The fourth-order valence-electron chi connectivity index (χ4n) is 4.54. The smallest absolute Gasteiger partial charge is 0.132 e. The lowest BCUT2D eigenvalue weighted by Gasteiger charge is -2.34. The molecule has 2 heterocycles. The van der Waals surface area contributed by atoms with Gasteiger partial charge in [0.2, 0.25) is 0 Å². The second-order valence-electron chi connectivity index (χ2n) is 8.49. The normalized spacial score (nSPS) is 20.5. The Morgan fingerprint density at radius 3 is 2.90 bits per heavy atom. The van der Waals surface area contributed by atoms with Gasteiger partial charge in [0.25, 0.3) is 0 Å². The van der Waals surface area contributed by atoms with Gasteiger partial charge >= 0.3 is 0 Å². The van der Waals surface area contributed by atoms with Crippen LogP contribution >= 0.6 is 0 Å². The van der Waals surface area contributed by atoms with E-state index in [1.54, 1.807) is 0 Å². The third-order valence-electron chi connectivity index (χ3n) is 6.37. The maximum absolute atomic E-state index is 11.6. The Labute approximate surface area is 180 Å². The molecule has 0 saturated carbocycles. The molecule has 1 N–H and O–H groups in total. The van der Waals surface area contributed by atoms with Crippen molar-refractivity contribution < 1.29 is 4.79 Å². The lowest BCUT2D eigenvalue weighted by atomic mass is 9.97. The van der Waals surface area contributed by atoms with Crippen LogP contribution in [0.1, 0.15) is 51.0 Å². The van der Waals surface area contributed by atoms with Gasteiger partial charge in [-0.15, -0.1) is 0 Å². The number of carbonyl (C=O) groups is 1. The van der Waals surface area contributed by atoms with Crippen LogP contribution in [0.25, 0.3) is 16.3 Å². The predicted octanol–water partition coefficient (Wildman–Crippen LogP) is 4.84. The average Bonchev–Trinajstić information content (AvgIpc) is 3.05. The van der Waals surface area contributed by atoms with Crippen molar-refractivity contribution in [2.75, 3.05) is 26.2 Å². The number of piperazine rings is 1. The van der Waals surface area contributed by atoms with Gasteiger partial charge in [-0.25, -0.2) is 0 Å². The summed E-state index contributed by atoms with van der Waals surface area (Å²) in [6, 6.07) is 15.6. The molecule has 0 radical (unpaired) electrons. The number of hydrogen-bond donors (Lipinski definition) is 1. The van der Waals surface area contributed by atoms with Gasteiger partial charge in [-0.05, 0) is 60.2 Å². The van der Waals surface area contributed by atoms with Gasteiger partial charge in [0, 0.05) is 44.4 Å². The second-order valence-corrected chi connectivity index (χ2v) is 8.49. The van der Waals surface area contributed by atoms with Crippen molar-refractivity contribution in [3.63, 3.8) is 0 Å². The van der Waals surface area contributed by atoms with E-state index in [4.69, 9.17) is 4.99 Å². The van der Waals surface area contributed by atoms with Crippen LogP contribution in [0.3, 0.4) is 0 Å². The van der Waals surface area contributed by atoms with E-state index >= 15 is 0 Å². The molecule has 158 valence electrons. The zero-order valence-electron chi connectivity index (χ0n) is 18.1. The minimum absolute atomic E-state index is 0.327. The molecule has 0 aliphatic carbocycles. The summed E-state index contributed by atoms with van der Waals surface area (Å²) in [5.74, 6) is 0.376. The third kappa shape index (κ3) is 5.24. The fourth-order valence-corrected chi connectivity index (χ4v) is 4.54. The molecule has 1 atom stereocenters. The number of hydrogen-bond acceptors (Lipinski definition) is 4. The number of nitrogens with zero attached hydrogens (tertiary/aromatic N) is 2. The Balaban J connectivity index is 1.42. The van der Waals surface area contributed by atoms with E-state index in [9.17, 15) is 4.79 Å². The molecular formula is C26H33N3O. The molecule has 4 nitrogen and oxygen atoms in total. The number of rotatable bonds is 7. The van der Waals surface area contributed by atoms with Crippen molar-refractivity contribution in [3.8, 4) is 0 Å². The van der Waals surface area contributed by atoms with Gasteiger partial charge in [-0.3, -0.25) is 9.79 Å². The van der Waals surface area contributed by atoms with Crippen LogP contribution in [-0.4, -0.2) is 48.6 Å². The van der Waals surface area contributed by atoms with Crippen molar-refractivity contribution in [2.45, 2.75) is 51.5 Å². The summed E-state index contributed by atoms with van der Waals surface area (Å²) >= 11 is 0. The van der Waals surface area contributed by atoms with E-state index < -0.39 is 0 Å². The topological polar surface area (TPSA) is 44.7 Å². The Morgan fingerprint density at radius 1 is 1.17 bits per heavy atom. The predicted molar refractivity (Wildman–Crippen MR) is 126 cm³/mol.